The molecule has 1 saturated carbocycles. The second-order valence-electron chi connectivity index (χ2n) is 10.1. The average molecular weight is 449 g/mol. The predicted molar refractivity (Wildman–Crippen MR) is 118 cm³/mol. The first-order valence-electron chi connectivity index (χ1n) is 11.5. The Labute approximate surface area is 190 Å². The first-order valence-corrected chi connectivity index (χ1v) is 11.5. The lowest BCUT2D eigenvalue weighted by Crippen LogP contribution is -2.58. The molecular weight excluding hydrogens is 412 g/mol. The van der Waals surface area contributed by atoms with Crippen molar-refractivity contribution >= 4 is 12.1 Å². The summed E-state index contributed by atoms with van der Waals surface area (Å²) < 4.78 is 17.8. The first-order chi connectivity index (χ1) is 15.0. The van der Waals surface area contributed by atoms with Crippen LogP contribution in [0, 0.1) is 11.8 Å². The van der Waals surface area contributed by atoms with E-state index in [0.717, 1.165) is 31.6 Å². The normalized spacial score (nSPS) is 28.2. The number of carbonyl (C=O) groups excluding carboxylic acids is 1. The van der Waals surface area contributed by atoms with Crippen LogP contribution in [0.1, 0.15) is 72.4 Å². The predicted octanol–water partition coefficient (Wildman–Crippen LogP) is 4.31. The van der Waals surface area contributed by atoms with Gasteiger partial charge in [-0.15, -0.1) is 0 Å². The van der Waals surface area contributed by atoms with Crippen molar-refractivity contribution in [3.05, 3.63) is 24.0 Å². The van der Waals surface area contributed by atoms with Crippen LogP contribution in [0.2, 0.25) is 0 Å². The molecule has 32 heavy (non-hydrogen) atoms. The van der Waals surface area contributed by atoms with E-state index < -0.39 is 29.5 Å². The summed E-state index contributed by atoms with van der Waals surface area (Å²) in [4.78, 5) is 29.1. The third kappa shape index (κ3) is 5.91. The maximum absolute atomic E-state index is 13.1. The number of nitrogens with zero attached hydrogens (tertiary/aromatic N) is 1. The van der Waals surface area contributed by atoms with Crippen LogP contribution in [0.4, 0.5) is 4.79 Å². The van der Waals surface area contributed by atoms with Gasteiger partial charge in [-0.1, -0.05) is 20.8 Å². The third-order valence-corrected chi connectivity index (χ3v) is 6.18. The van der Waals surface area contributed by atoms with Gasteiger partial charge in [0.2, 0.25) is 5.79 Å². The molecule has 2 aliphatic rings. The number of amides is 1. The zero-order valence-corrected chi connectivity index (χ0v) is 19.7. The van der Waals surface area contributed by atoms with Crippen LogP contribution >= 0.6 is 0 Å². The lowest BCUT2D eigenvalue weighted by molar-refractivity contribution is -0.170. The SMILES string of the molecule is CC(C)C[C@H](NC(=O)O)[C@@]1(Cc2cc(O[C@H]3CC[C@H](C)CC3)ccn2)OC(C)(C)OC1=O. The Kier molecular flexibility index (Phi) is 7.32. The van der Waals surface area contributed by atoms with Crippen molar-refractivity contribution in [1.82, 2.24) is 10.3 Å². The molecule has 1 aromatic heterocycles. The number of nitrogens with one attached hydrogen (secondary N) is 1. The zero-order chi connectivity index (χ0) is 23.5. The van der Waals surface area contributed by atoms with E-state index in [-0.39, 0.29) is 18.4 Å². The summed E-state index contributed by atoms with van der Waals surface area (Å²) in [5.74, 6) is -0.200. The Balaban J connectivity index is 1.87. The molecular formula is C24H36N2O6. The van der Waals surface area contributed by atoms with Crippen LogP contribution in [0.3, 0.4) is 0 Å². The minimum atomic E-state index is -1.52. The molecule has 1 amide bonds. The van der Waals surface area contributed by atoms with E-state index in [0.29, 0.717) is 17.9 Å². The van der Waals surface area contributed by atoms with Crippen LogP contribution in [0.5, 0.6) is 5.75 Å². The monoisotopic (exact) mass is 448 g/mol. The van der Waals surface area contributed by atoms with Crippen molar-refractivity contribution < 1.29 is 28.9 Å². The molecule has 1 aliphatic carbocycles. The minimum Gasteiger partial charge on any atom is -0.490 e. The van der Waals surface area contributed by atoms with Gasteiger partial charge in [-0.25, -0.2) is 9.59 Å². The van der Waals surface area contributed by atoms with Gasteiger partial charge in [-0.3, -0.25) is 4.98 Å². The molecule has 2 atom stereocenters. The molecule has 0 aromatic carbocycles. The van der Waals surface area contributed by atoms with Gasteiger partial charge >= 0.3 is 12.1 Å². The van der Waals surface area contributed by atoms with Crippen molar-refractivity contribution in [3.8, 4) is 5.75 Å². The fraction of sp³-hybridized carbons (Fsp3) is 0.708. The number of hydrogen-bond acceptors (Lipinski definition) is 6. The van der Waals surface area contributed by atoms with Crippen LogP contribution in [0.25, 0.3) is 0 Å². The Morgan fingerprint density at radius 2 is 2.00 bits per heavy atom. The molecule has 0 unspecified atom stereocenters. The van der Waals surface area contributed by atoms with Crippen LogP contribution in [0.15, 0.2) is 18.3 Å². The highest BCUT2D eigenvalue weighted by molar-refractivity contribution is 5.84. The van der Waals surface area contributed by atoms with E-state index in [1.54, 1.807) is 20.0 Å². The summed E-state index contributed by atoms with van der Waals surface area (Å²) in [5.41, 5.74) is -0.930. The number of cyclic esters (lactones) is 1. The van der Waals surface area contributed by atoms with Gasteiger partial charge in [0.1, 0.15) is 5.75 Å². The molecule has 2 N–H and O–H groups in total. The second kappa shape index (κ2) is 9.65. The second-order valence-corrected chi connectivity index (χ2v) is 10.1. The molecule has 3 rings (SSSR count). The number of hydrogen-bond donors (Lipinski definition) is 2. The van der Waals surface area contributed by atoms with Crippen molar-refractivity contribution in [1.29, 1.82) is 0 Å². The largest absolute Gasteiger partial charge is 0.490 e. The molecule has 0 bridgehead atoms. The Bertz CT molecular complexity index is 818. The van der Waals surface area contributed by atoms with E-state index in [1.807, 2.05) is 26.0 Å². The Morgan fingerprint density at radius 1 is 1.31 bits per heavy atom. The molecule has 1 aromatic rings. The summed E-state index contributed by atoms with van der Waals surface area (Å²) in [6.07, 6.45) is 5.43. The van der Waals surface area contributed by atoms with E-state index in [1.165, 1.54) is 0 Å². The van der Waals surface area contributed by atoms with Gasteiger partial charge in [-0.05, 0) is 50.0 Å². The molecule has 8 heteroatoms. The van der Waals surface area contributed by atoms with Gasteiger partial charge < -0.3 is 24.6 Å². The van der Waals surface area contributed by atoms with Gasteiger partial charge in [-0.2, -0.15) is 0 Å². The highest BCUT2D eigenvalue weighted by Crippen LogP contribution is 2.39. The number of carbonyl (C=O) groups is 2. The van der Waals surface area contributed by atoms with Crippen LogP contribution in [-0.2, 0) is 20.7 Å². The smallest absolute Gasteiger partial charge is 0.404 e. The van der Waals surface area contributed by atoms with Crippen molar-refractivity contribution in [2.45, 2.75) is 96.7 Å². The van der Waals surface area contributed by atoms with Gasteiger partial charge in [0.25, 0.3) is 0 Å². The van der Waals surface area contributed by atoms with E-state index in [4.69, 9.17) is 14.2 Å². The van der Waals surface area contributed by atoms with Crippen LogP contribution in [-0.4, -0.2) is 45.7 Å². The summed E-state index contributed by atoms with van der Waals surface area (Å²) in [5, 5.41) is 11.9. The number of rotatable bonds is 8. The minimum absolute atomic E-state index is 0.0752. The van der Waals surface area contributed by atoms with Crippen LogP contribution < -0.4 is 10.1 Å². The van der Waals surface area contributed by atoms with Crippen molar-refractivity contribution in [2.75, 3.05) is 0 Å². The highest BCUT2D eigenvalue weighted by atomic mass is 16.8. The first kappa shape index (κ1) is 24.3. The topological polar surface area (TPSA) is 107 Å². The number of ether oxygens (including phenoxy) is 3. The Hall–Kier alpha value is -2.35. The molecule has 8 nitrogen and oxygen atoms in total. The maximum atomic E-state index is 13.1. The molecule has 2 heterocycles. The van der Waals surface area contributed by atoms with Gasteiger partial charge in [0, 0.05) is 38.2 Å². The summed E-state index contributed by atoms with van der Waals surface area (Å²) in [7, 11) is 0. The molecule has 178 valence electrons. The fourth-order valence-electron chi connectivity index (χ4n) is 4.68. The lowest BCUT2D eigenvalue weighted by atomic mass is 9.84. The summed E-state index contributed by atoms with van der Waals surface area (Å²) in [6.45, 7) is 9.50. The van der Waals surface area contributed by atoms with E-state index >= 15 is 0 Å². The lowest BCUT2D eigenvalue weighted by Gasteiger charge is -2.35. The van der Waals surface area contributed by atoms with E-state index in [2.05, 4.69) is 17.2 Å². The molecule has 2 fully saturated rings. The molecule has 0 radical (unpaired) electrons. The van der Waals surface area contributed by atoms with Crippen molar-refractivity contribution in [2.24, 2.45) is 11.8 Å². The number of aromatic nitrogens is 1. The zero-order valence-electron chi connectivity index (χ0n) is 19.7. The maximum Gasteiger partial charge on any atom is 0.404 e. The quantitative estimate of drug-likeness (QED) is 0.571. The average Bonchev–Trinajstić information content (AvgIpc) is 2.91. The fourth-order valence-corrected chi connectivity index (χ4v) is 4.68. The van der Waals surface area contributed by atoms with E-state index in [9.17, 15) is 14.7 Å². The summed E-state index contributed by atoms with van der Waals surface area (Å²) >= 11 is 0. The Morgan fingerprint density at radius 3 is 2.56 bits per heavy atom. The third-order valence-electron chi connectivity index (χ3n) is 6.18. The van der Waals surface area contributed by atoms with Crippen molar-refractivity contribution in [3.63, 3.8) is 0 Å². The summed E-state index contributed by atoms with van der Waals surface area (Å²) in [6, 6.07) is 2.84. The van der Waals surface area contributed by atoms with Gasteiger partial charge in [0.05, 0.1) is 12.1 Å². The highest BCUT2D eigenvalue weighted by Gasteiger charge is 2.59. The number of esters is 1. The molecule has 0 spiro atoms. The standard InChI is InChI=1S/C24H36N2O6/c1-15(2)12-20(26-22(28)29)24(21(27)31-23(4,5)32-24)14-17-13-19(10-11-25-17)30-18-8-6-16(3)7-9-18/h10-11,13,15-16,18,20,26H,6-9,12,14H2,1-5H3,(H,28,29)/t16-,18-,20-,24+/m0/s1. The molecule has 1 aliphatic heterocycles. The number of pyridine rings is 1. The number of carboxylic acid groups (broad SMARTS) is 1. The van der Waals surface area contributed by atoms with Gasteiger partial charge in [0.15, 0.2) is 5.60 Å². The molecule has 1 saturated heterocycles.